The highest BCUT2D eigenvalue weighted by atomic mass is 16.1. The summed E-state index contributed by atoms with van der Waals surface area (Å²) in [5.74, 6) is 0.552. The van der Waals surface area contributed by atoms with Crippen LogP contribution < -0.4 is 10.2 Å². The first kappa shape index (κ1) is 13.6. The van der Waals surface area contributed by atoms with Gasteiger partial charge in [-0.2, -0.15) is 5.26 Å². The molecule has 1 amide bonds. The molecule has 0 fully saturated rings. The highest BCUT2D eigenvalue weighted by Gasteiger charge is 2.07. The second kappa shape index (κ2) is 5.85. The Labute approximate surface area is 117 Å². The molecule has 1 aromatic heterocycles. The first-order chi connectivity index (χ1) is 9.60. The van der Waals surface area contributed by atoms with Crippen LogP contribution in [-0.4, -0.2) is 25.0 Å². The molecule has 5 nitrogen and oxygen atoms in total. The van der Waals surface area contributed by atoms with Crippen molar-refractivity contribution in [1.29, 1.82) is 5.26 Å². The predicted molar refractivity (Wildman–Crippen MR) is 77.7 cm³/mol. The Morgan fingerprint density at radius 3 is 2.70 bits per heavy atom. The Morgan fingerprint density at radius 2 is 2.10 bits per heavy atom. The number of nitriles is 1. The average Bonchev–Trinajstić information content (AvgIpc) is 2.47. The Kier molecular flexibility index (Phi) is 3.96. The standard InChI is InChI=1S/C15H14N4O/c1-19(2)14-7-6-13(10-17-14)18-15(20)12-5-3-4-11(8-12)9-16/h3-8,10H,1-2H3,(H,18,20). The Bertz CT molecular complexity index is 656. The number of nitrogens with one attached hydrogen (secondary N) is 1. The highest BCUT2D eigenvalue weighted by molar-refractivity contribution is 6.04. The van der Waals surface area contributed by atoms with Crippen LogP contribution in [0.25, 0.3) is 0 Å². The summed E-state index contributed by atoms with van der Waals surface area (Å²) in [7, 11) is 3.79. The van der Waals surface area contributed by atoms with Gasteiger partial charge in [0.05, 0.1) is 23.5 Å². The van der Waals surface area contributed by atoms with Gasteiger partial charge in [0.2, 0.25) is 0 Å². The number of nitrogens with zero attached hydrogens (tertiary/aromatic N) is 3. The number of hydrogen-bond donors (Lipinski definition) is 1. The fraction of sp³-hybridized carbons (Fsp3) is 0.133. The molecule has 0 spiro atoms. The van der Waals surface area contributed by atoms with E-state index >= 15 is 0 Å². The van der Waals surface area contributed by atoms with E-state index in [-0.39, 0.29) is 5.91 Å². The van der Waals surface area contributed by atoms with E-state index in [0.717, 1.165) is 5.82 Å². The number of pyridine rings is 1. The smallest absolute Gasteiger partial charge is 0.255 e. The molecule has 1 N–H and O–H groups in total. The second-order valence-electron chi connectivity index (χ2n) is 4.45. The van der Waals surface area contributed by atoms with Gasteiger partial charge in [0, 0.05) is 19.7 Å². The Hall–Kier alpha value is -2.87. The molecular formula is C15H14N4O. The third-order valence-corrected chi connectivity index (χ3v) is 2.72. The fourth-order valence-electron chi connectivity index (χ4n) is 1.66. The summed E-state index contributed by atoms with van der Waals surface area (Å²) < 4.78 is 0. The lowest BCUT2D eigenvalue weighted by Gasteiger charge is -2.11. The first-order valence-corrected chi connectivity index (χ1v) is 6.05. The molecule has 1 heterocycles. The molecule has 2 aromatic rings. The maximum atomic E-state index is 12.0. The van der Waals surface area contributed by atoms with E-state index in [2.05, 4.69) is 10.3 Å². The lowest BCUT2D eigenvalue weighted by atomic mass is 10.1. The van der Waals surface area contributed by atoms with Crippen molar-refractivity contribution in [1.82, 2.24) is 4.98 Å². The molecule has 0 atom stereocenters. The molecule has 0 aliphatic heterocycles. The number of carbonyl (C=O) groups excluding carboxylic acids is 1. The summed E-state index contributed by atoms with van der Waals surface area (Å²) in [4.78, 5) is 18.1. The van der Waals surface area contributed by atoms with Crippen LogP contribution in [0, 0.1) is 11.3 Å². The van der Waals surface area contributed by atoms with Crippen LogP contribution in [-0.2, 0) is 0 Å². The number of aromatic nitrogens is 1. The van der Waals surface area contributed by atoms with Gasteiger partial charge in [-0.25, -0.2) is 4.98 Å². The summed E-state index contributed by atoms with van der Waals surface area (Å²) in [6.07, 6.45) is 1.60. The van der Waals surface area contributed by atoms with Gasteiger partial charge in [0.1, 0.15) is 5.82 Å². The van der Waals surface area contributed by atoms with Crippen LogP contribution in [0.3, 0.4) is 0 Å². The van der Waals surface area contributed by atoms with E-state index in [0.29, 0.717) is 16.8 Å². The SMILES string of the molecule is CN(C)c1ccc(NC(=O)c2cccc(C#N)c2)cn1. The first-order valence-electron chi connectivity index (χ1n) is 6.05. The Morgan fingerprint density at radius 1 is 1.30 bits per heavy atom. The predicted octanol–water partition coefficient (Wildman–Crippen LogP) is 2.27. The molecule has 0 unspecified atom stereocenters. The number of benzene rings is 1. The van der Waals surface area contributed by atoms with E-state index in [9.17, 15) is 4.79 Å². The van der Waals surface area contributed by atoms with Crippen LogP contribution in [0.15, 0.2) is 42.6 Å². The van der Waals surface area contributed by atoms with Gasteiger partial charge in [0.15, 0.2) is 0 Å². The van der Waals surface area contributed by atoms with Crippen LogP contribution in [0.1, 0.15) is 15.9 Å². The molecule has 20 heavy (non-hydrogen) atoms. The molecule has 0 radical (unpaired) electrons. The normalized spacial score (nSPS) is 9.65. The number of rotatable bonds is 3. The van der Waals surface area contributed by atoms with Crippen molar-refractivity contribution in [2.45, 2.75) is 0 Å². The van der Waals surface area contributed by atoms with E-state index in [1.165, 1.54) is 0 Å². The molecule has 0 saturated carbocycles. The molecule has 0 aliphatic rings. The van der Waals surface area contributed by atoms with Crippen molar-refractivity contribution < 1.29 is 4.79 Å². The molecule has 2 rings (SSSR count). The summed E-state index contributed by atoms with van der Waals surface area (Å²) in [5.41, 5.74) is 1.52. The van der Waals surface area contributed by atoms with Gasteiger partial charge in [-0.05, 0) is 30.3 Å². The number of carbonyl (C=O) groups is 1. The van der Waals surface area contributed by atoms with Crippen molar-refractivity contribution in [3.05, 3.63) is 53.7 Å². The molecule has 0 bridgehead atoms. The van der Waals surface area contributed by atoms with Gasteiger partial charge in [0.25, 0.3) is 5.91 Å². The van der Waals surface area contributed by atoms with Crippen molar-refractivity contribution in [3.63, 3.8) is 0 Å². The van der Waals surface area contributed by atoms with E-state index < -0.39 is 0 Å². The lowest BCUT2D eigenvalue weighted by Crippen LogP contribution is -2.13. The molecule has 0 saturated heterocycles. The second-order valence-corrected chi connectivity index (χ2v) is 4.45. The van der Waals surface area contributed by atoms with E-state index in [4.69, 9.17) is 5.26 Å². The minimum atomic E-state index is -0.262. The zero-order chi connectivity index (χ0) is 14.5. The van der Waals surface area contributed by atoms with Crippen LogP contribution >= 0.6 is 0 Å². The lowest BCUT2D eigenvalue weighted by molar-refractivity contribution is 0.102. The van der Waals surface area contributed by atoms with Gasteiger partial charge in [-0.15, -0.1) is 0 Å². The highest BCUT2D eigenvalue weighted by Crippen LogP contribution is 2.13. The van der Waals surface area contributed by atoms with Gasteiger partial charge in [-0.1, -0.05) is 6.07 Å². The third-order valence-electron chi connectivity index (χ3n) is 2.72. The summed E-state index contributed by atoms with van der Waals surface area (Å²) >= 11 is 0. The number of anilines is 2. The molecule has 100 valence electrons. The zero-order valence-corrected chi connectivity index (χ0v) is 11.3. The fourth-order valence-corrected chi connectivity index (χ4v) is 1.66. The van der Waals surface area contributed by atoms with Crippen molar-refractivity contribution in [3.8, 4) is 6.07 Å². The molecular weight excluding hydrogens is 252 g/mol. The summed E-state index contributed by atoms with van der Waals surface area (Å²) in [6, 6.07) is 12.2. The van der Waals surface area contributed by atoms with Crippen LogP contribution in [0.2, 0.25) is 0 Å². The van der Waals surface area contributed by atoms with E-state index in [1.807, 2.05) is 31.1 Å². The maximum Gasteiger partial charge on any atom is 0.255 e. The van der Waals surface area contributed by atoms with Gasteiger partial charge >= 0.3 is 0 Å². The van der Waals surface area contributed by atoms with Crippen LogP contribution in [0.5, 0.6) is 0 Å². The average molecular weight is 266 g/mol. The summed E-state index contributed by atoms with van der Waals surface area (Å²) in [6.45, 7) is 0. The molecule has 5 heteroatoms. The number of hydrogen-bond acceptors (Lipinski definition) is 4. The maximum absolute atomic E-state index is 12.0. The van der Waals surface area contributed by atoms with Crippen molar-refractivity contribution in [2.75, 3.05) is 24.3 Å². The van der Waals surface area contributed by atoms with E-state index in [1.54, 1.807) is 36.5 Å². The quantitative estimate of drug-likeness (QED) is 0.925. The van der Waals surface area contributed by atoms with Crippen LogP contribution in [0.4, 0.5) is 11.5 Å². The van der Waals surface area contributed by atoms with Gasteiger partial charge in [-0.3, -0.25) is 4.79 Å². The Balaban J connectivity index is 2.13. The number of amides is 1. The minimum Gasteiger partial charge on any atom is -0.363 e. The van der Waals surface area contributed by atoms with Crippen molar-refractivity contribution in [2.24, 2.45) is 0 Å². The third kappa shape index (κ3) is 3.12. The molecule has 1 aromatic carbocycles. The molecule has 0 aliphatic carbocycles. The summed E-state index contributed by atoms with van der Waals surface area (Å²) in [5, 5.41) is 11.6. The van der Waals surface area contributed by atoms with Gasteiger partial charge < -0.3 is 10.2 Å². The van der Waals surface area contributed by atoms with Crippen molar-refractivity contribution >= 4 is 17.4 Å². The topological polar surface area (TPSA) is 69.0 Å². The largest absolute Gasteiger partial charge is 0.363 e. The monoisotopic (exact) mass is 266 g/mol. The zero-order valence-electron chi connectivity index (χ0n) is 11.3. The minimum absolute atomic E-state index is 0.262.